The van der Waals surface area contributed by atoms with Gasteiger partial charge in [0.25, 0.3) is 5.91 Å². The largest absolute Gasteiger partial charge is 0.454 e. The predicted molar refractivity (Wildman–Crippen MR) is 110 cm³/mol. The van der Waals surface area contributed by atoms with Crippen molar-refractivity contribution in [2.75, 3.05) is 6.79 Å². The number of nitrogens with one attached hydrogen (secondary N) is 1. The van der Waals surface area contributed by atoms with E-state index in [2.05, 4.69) is 38.1 Å². The van der Waals surface area contributed by atoms with Crippen molar-refractivity contribution in [3.05, 3.63) is 47.3 Å². The Morgan fingerprint density at radius 3 is 2.59 bits per heavy atom. The minimum atomic E-state index is -0.192. The van der Waals surface area contributed by atoms with Gasteiger partial charge in [0.2, 0.25) is 6.79 Å². The Hall–Kier alpha value is -3.09. The lowest BCUT2D eigenvalue weighted by atomic mass is 10.0. The number of fused-ring (bicyclic) bond motifs is 2. The van der Waals surface area contributed by atoms with Crippen LogP contribution in [0.3, 0.4) is 0 Å². The number of benzene rings is 1. The Morgan fingerprint density at radius 2 is 1.86 bits per heavy atom. The van der Waals surface area contributed by atoms with Crippen LogP contribution in [0.4, 0.5) is 0 Å². The average Bonchev–Trinajstić information content (AvgIpc) is 3.32. The Morgan fingerprint density at radius 1 is 1.10 bits per heavy atom. The Bertz CT molecular complexity index is 1070. The minimum absolute atomic E-state index is 0.146. The summed E-state index contributed by atoms with van der Waals surface area (Å²) < 4.78 is 12.7. The van der Waals surface area contributed by atoms with Crippen molar-refractivity contribution in [3.63, 3.8) is 0 Å². The van der Waals surface area contributed by atoms with Crippen LogP contribution in [0.15, 0.2) is 30.5 Å². The number of hydrogen-bond donors (Lipinski definition) is 1. The van der Waals surface area contributed by atoms with E-state index in [1.165, 1.54) is 0 Å². The molecule has 3 aromatic rings. The van der Waals surface area contributed by atoms with E-state index < -0.39 is 0 Å². The molecule has 7 heteroatoms. The van der Waals surface area contributed by atoms with E-state index in [0.29, 0.717) is 11.3 Å². The summed E-state index contributed by atoms with van der Waals surface area (Å²) in [6.07, 6.45) is 1.73. The van der Waals surface area contributed by atoms with Gasteiger partial charge in [0.05, 0.1) is 23.2 Å². The second-order valence-electron chi connectivity index (χ2n) is 7.98. The van der Waals surface area contributed by atoms with Crippen LogP contribution in [0.5, 0.6) is 11.5 Å². The molecular formula is C22H26N4O3. The van der Waals surface area contributed by atoms with Gasteiger partial charge in [-0.05, 0) is 50.5 Å². The standard InChI is InChI=1S/C22H26N4O3/c1-12(2)18-9-16(17-10-23-26(13(3)4)21(17)25-18)22(27)24-14(5)15-6-7-19-20(8-15)29-11-28-19/h6-10,12-14H,11H2,1-5H3,(H,24,27)/t14-/m1/s1. The molecule has 0 unspecified atom stereocenters. The van der Waals surface area contributed by atoms with Gasteiger partial charge in [-0.1, -0.05) is 19.9 Å². The fraction of sp³-hybridized carbons (Fsp3) is 0.409. The van der Waals surface area contributed by atoms with Gasteiger partial charge in [0, 0.05) is 11.7 Å². The molecule has 4 rings (SSSR count). The normalized spacial score (nSPS) is 14.0. The van der Waals surface area contributed by atoms with E-state index in [1.54, 1.807) is 6.20 Å². The molecule has 7 nitrogen and oxygen atoms in total. The van der Waals surface area contributed by atoms with E-state index in [4.69, 9.17) is 14.5 Å². The lowest BCUT2D eigenvalue weighted by Gasteiger charge is -2.16. The molecule has 0 bridgehead atoms. The first-order valence-corrected chi connectivity index (χ1v) is 9.93. The third kappa shape index (κ3) is 3.52. The fourth-order valence-electron chi connectivity index (χ4n) is 3.44. The number of hydrogen-bond acceptors (Lipinski definition) is 5. The number of pyridine rings is 1. The minimum Gasteiger partial charge on any atom is -0.454 e. The number of nitrogens with zero attached hydrogens (tertiary/aromatic N) is 3. The van der Waals surface area contributed by atoms with Crippen LogP contribution in [0, 0.1) is 0 Å². The first-order valence-electron chi connectivity index (χ1n) is 9.93. The smallest absolute Gasteiger partial charge is 0.252 e. The molecule has 1 aliphatic rings. The molecule has 0 saturated carbocycles. The van der Waals surface area contributed by atoms with Crippen LogP contribution in [-0.2, 0) is 0 Å². The molecule has 152 valence electrons. The van der Waals surface area contributed by atoms with Crippen molar-refractivity contribution >= 4 is 16.9 Å². The second-order valence-corrected chi connectivity index (χ2v) is 7.98. The summed E-state index contributed by atoms with van der Waals surface area (Å²) in [5.41, 5.74) is 3.17. The summed E-state index contributed by atoms with van der Waals surface area (Å²) in [4.78, 5) is 18.0. The molecular weight excluding hydrogens is 368 g/mol. The van der Waals surface area contributed by atoms with Crippen molar-refractivity contribution in [1.82, 2.24) is 20.1 Å². The zero-order valence-corrected chi connectivity index (χ0v) is 17.4. The molecule has 3 heterocycles. The lowest BCUT2D eigenvalue weighted by Crippen LogP contribution is -2.27. The monoisotopic (exact) mass is 394 g/mol. The summed E-state index contributed by atoms with van der Waals surface area (Å²) in [6, 6.07) is 7.56. The molecule has 1 aliphatic heterocycles. The number of carbonyl (C=O) groups excluding carboxylic acids is 1. The van der Waals surface area contributed by atoms with Gasteiger partial charge < -0.3 is 14.8 Å². The van der Waals surface area contributed by atoms with Crippen molar-refractivity contribution < 1.29 is 14.3 Å². The van der Waals surface area contributed by atoms with E-state index >= 15 is 0 Å². The predicted octanol–water partition coefficient (Wildman–Crippen LogP) is 4.36. The maximum Gasteiger partial charge on any atom is 0.252 e. The summed E-state index contributed by atoms with van der Waals surface area (Å²) in [7, 11) is 0. The highest BCUT2D eigenvalue weighted by Gasteiger charge is 2.21. The highest BCUT2D eigenvalue weighted by molar-refractivity contribution is 6.05. The van der Waals surface area contributed by atoms with Crippen LogP contribution in [-0.4, -0.2) is 27.5 Å². The van der Waals surface area contributed by atoms with Crippen LogP contribution in [0.2, 0.25) is 0 Å². The molecule has 2 aromatic heterocycles. The maximum absolute atomic E-state index is 13.2. The third-order valence-electron chi connectivity index (χ3n) is 5.16. The van der Waals surface area contributed by atoms with Gasteiger partial charge in [-0.3, -0.25) is 4.79 Å². The van der Waals surface area contributed by atoms with E-state index in [9.17, 15) is 4.79 Å². The topological polar surface area (TPSA) is 78.3 Å². The van der Waals surface area contributed by atoms with Crippen molar-refractivity contribution in [2.45, 2.75) is 52.6 Å². The molecule has 0 aliphatic carbocycles. The molecule has 0 fully saturated rings. The molecule has 0 spiro atoms. The maximum atomic E-state index is 13.2. The van der Waals surface area contributed by atoms with Crippen molar-refractivity contribution in [1.29, 1.82) is 0 Å². The zero-order valence-electron chi connectivity index (χ0n) is 17.4. The van der Waals surface area contributed by atoms with Gasteiger partial charge in [-0.25, -0.2) is 9.67 Å². The fourth-order valence-corrected chi connectivity index (χ4v) is 3.44. The van der Waals surface area contributed by atoms with Gasteiger partial charge >= 0.3 is 0 Å². The van der Waals surface area contributed by atoms with Gasteiger partial charge in [0.15, 0.2) is 17.1 Å². The van der Waals surface area contributed by atoms with E-state index in [0.717, 1.165) is 28.0 Å². The highest BCUT2D eigenvalue weighted by Crippen LogP contribution is 2.34. The first-order chi connectivity index (χ1) is 13.8. The molecule has 1 atom stereocenters. The zero-order chi connectivity index (χ0) is 20.7. The highest BCUT2D eigenvalue weighted by atomic mass is 16.7. The van der Waals surface area contributed by atoms with Gasteiger partial charge in [0.1, 0.15) is 0 Å². The Balaban J connectivity index is 1.67. The van der Waals surface area contributed by atoms with E-state index in [1.807, 2.05) is 35.9 Å². The van der Waals surface area contributed by atoms with Crippen molar-refractivity contribution in [2.24, 2.45) is 0 Å². The number of aromatic nitrogens is 3. The SMILES string of the molecule is CC(C)c1cc(C(=O)N[C@H](C)c2ccc3c(c2)OCO3)c2cnn(C(C)C)c2n1. The van der Waals surface area contributed by atoms with Crippen LogP contribution in [0.25, 0.3) is 11.0 Å². The summed E-state index contributed by atoms with van der Waals surface area (Å²) in [6.45, 7) is 10.4. The Labute approximate surface area is 170 Å². The van der Waals surface area contributed by atoms with Crippen LogP contribution >= 0.6 is 0 Å². The molecule has 29 heavy (non-hydrogen) atoms. The quantitative estimate of drug-likeness (QED) is 0.696. The molecule has 1 aromatic carbocycles. The molecule has 1 N–H and O–H groups in total. The van der Waals surface area contributed by atoms with E-state index in [-0.39, 0.29) is 30.7 Å². The lowest BCUT2D eigenvalue weighted by molar-refractivity contribution is 0.0941. The summed E-state index contributed by atoms with van der Waals surface area (Å²) in [5, 5.41) is 8.32. The van der Waals surface area contributed by atoms with Crippen molar-refractivity contribution in [3.8, 4) is 11.5 Å². The molecule has 0 saturated heterocycles. The number of rotatable bonds is 5. The Kier molecular flexibility index (Phi) is 4.90. The van der Waals surface area contributed by atoms with Gasteiger partial charge in [-0.15, -0.1) is 0 Å². The van der Waals surface area contributed by atoms with Gasteiger partial charge in [-0.2, -0.15) is 5.10 Å². The van der Waals surface area contributed by atoms with Crippen LogP contribution in [0.1, 0.15) is 74.2 Å². The average molecular weight is 394 g/mol. The second kappa shape index (κ2) is 7.39. The number of amides is 1. The third-order valence-corrected chi connectivity index (χ3v) is 5.16. The summed E-state index contributed by atoms with van der Waals surface area (Å²) >= 11 is 0. The first kappa shape index (κ1) is 19.2. The molecule has 1 amide bonds. The number of carbonyl (C=O) groups is 1. The molecule has 0 radical (unpaired) electrons. The summed E-state index contributed by atoms with van der Waals surface area (Å²) in [5.74, 6) is 1.49. The van der Waals surface area contributed by atoms with Crippen LogP contribution < -0.4 is 14.8 Å². The number of ether oxygens (including phenoxy) is 2.